The Bertz CT molecular complexity index is 576. The van der Waals surface area contributed by atoms with Gasteiger partial charge in [0.05, 0.1) is 6.54 Å². The lowest BCUT2D eigenvalue weighted by molar-refractivity contribution is -0.134. The van der Waals surface area contributed by atoms with E-state index < -0.39 is 0 Å². The molecule has 0 aliphatic carbocycles. The summed E-state index contributed by atoms with van der Waals surface area (Å²) in [6, 6.07) is 9.16. The van der Waals surface area contributed by atoms with Gasteiger partial charge in [0.25, 0.3) is 0 Å². The summed E-state index contributed by atoms with van der Waals surface area (Å²) in [5.41, 5.74) is 3.11. The number of likely N-dealkylation sites (N-methyl/N-ethyl adjacent to an activating group) is 1. The van der Waals surface area contributed by atoms with Crippen LogP contribution in [-0.2, 0) is 16.8 Å². The van der Waals surface area contributed by atoms with Crippen molar-refractivity contribution in [1.29, 1.82) is 0 Å². The van der Waals surface area contributed by atoms with Crippen LogP contribution < -0.4 is 5.32 Å². The first kappa shape index (κ1) is 17.4. The number of fused-ring (bicyclic) bond motifs is 2. The van der Waals surface area contributed by atoms with E-state index in [1.165, 1.54) is 11.1 Å². The number of carbonyl (C=O) groups is 1. The van der Waals surface area contributed by atoms with E-state index >= 15 is 0 Å². The molecule has 2 aliphatic heterocycles. The molecular weight excluding hydrogens is 298 g/mol. The van der Waals surface area contributed by atoms with Crippen molar-refractivity contribution in [2.45, 2.75) is 51.6 Å². The van der Waals surface area contributed by atoms with Crippen LogP contribution in [0, 0.1) is 0 Å². The molecule has 3 rings (SSSR count). The standard InChI is InChI=1S/C20H31N3O/c1-4-23(16(2)3)19(24)15-22-13-10-20(11-14-22)18-8-6-5-7-17(18)9-12-21-20/h5-8,16,21H,4,9-15H2,1-3H3. The van der Waals surface area contributed by atoms with E-state index in [9.17, 15) is 4.79 Å². The fourth-order valence-corrected chi connectivity index (χ4v) is 4.39. The monoisotopic (exact) mass is 329 g/mol. The molecule has 4 heteroatoms. The first-order chi connectivity index (χ1) is 11.6. The Hall–Kier alpha value is -1.39. The van der Waals surface area contributed by atoms with E-state index in [0.717, 1.165) is 45.4 Å². The van der Waals surface area contributed by atoms with E-state index in [4.69, 9.17) is 0 Å². The lowest BCUT2D eigenvalue weighted by Crippen LogP contribution is -2.55. The van der Waals surface area contributed by atoms with E-state index in [1.807, 2.05) is 4.90 Å². The predicted molar refractivity (Wildman–Crippen MR) is 98.0 cm³/mol. The molecule has 1 N–H and O–H groups in total. The normalized spacial score (nSPS) is 20.2. The topological polar surface area (TPSA) is 35.6 Å². The van der Waals surface area contributed by atoms with Crippen LogP contribution in [-0.4, -0.2) is 54.5 Å². The maximum absolute atomic E-state index is 12.5. The van der Waals surface area contributed by atoms with Crippen molar-refractivity contribution < 1.29 is 4.79 Å². The zero-order chi connectivity index (χ0) is 17.2. The van der Waals surface area contributed by atoms with Gasteiger partial charge in [0.2, 0.25) is 5.91 Å². The van der Waals surface area contributed by atoms with Crippen molar-refractivity contribution in [3.8, 4) is 0 Å². The van der Waals surface area contributed by atoms with Crippen LogP contribution in [0.5, 0.6) is 0 Å². The first-order valence-corrected chi connectivity index (χ1v) is 9.41. The highest BCUT2D eigenvalue weighted by molar-refractivity contribution is 5.78. The molecule has 1 fully saturated rings. The van der Waals surface area contributed by atoms with Gasteiger partial charge in [-0.2, -0.15) is 0 Å². The minimum Gasteiger partial charge on any atom is -0.339 e. The highest BCUT2D eigenvalue weighted by Gasteiger charge is 2.39. The number of likely N-dealkylation sites (tertiary alicyclic amines) is 1. The highest BCUT2D eigenvalue weighted by atomic mass is 16.2. The number of hydrogen-bond donors (Lipinski definition) is 1. The van der Waals surface area contributed by atoms with Crippen LogP contribution in [0.3, 0.4) is 0 Å². The Labute approximate surface area is 146 Å². The minimum absolute atomic E-state index is 0.122. The third-order valence-electron chi connectivity index (χ3n) is 5.74. The van der Waals surface area contributed by atoms with Gasteiger partial charge in [-0.25, -0.2) is 0 Å². The molecule has 0 unspecified atom stereocenters. The van der Waals surface area contributed by atoms with E-state index in [0.29, 0.717) is 6.54 Å². The molecule has 0 saturated carbocycles. The van der Waals surface area contributed by atoms with E-state index in [1.54, 1.807) is 0 Å². The second-order valence-electron chi connectivity index (χ2n) is 7.47. The summed E-state index contributed by atoms with van der Waals surface area (Å²) in [6.07, 6.45) is 3.30. The number of benzene rings is 1. The number of piperidine rings is 1. The summed E-state index contributed by atoms with van der Waals surface area (Å²) >= 11 is 0. The van der Waals surface area contributed by atoms with E-state index in [2.05, 4.69) is 55.3 Å². The largest absolute Gasteiger partial charge is 0.339 e. The van der Waals surface area contributed by atoms with Gasteiger partial charge in [0.15, 0.2) is 0 Å². The number of carbonyl (C=O) groups excluding carboxylic acids is 1. The second-order valence-corrected chi connectivity index (χ2v) is 7.47. The van der Waals surface area contributed by atoms with Gasteiger partial charge in [-0.15, -0.1) is 0 Å². The molecule has 0 radical (unpaired) electrons. The van der Waals surface area contributed by atoms with Crippen LogP contribution in [0.25, 0.3) is 0 Å². The predicted octanol–water partition coefficient (Wildman–Crippen LogP) is 2.38. The molecular formula is C20H31N3O. The molecule has 2 heterocycles. The number of rotatable bonds is 4. The molecule has 24 heavy (non-hydrogen) atoms. The number of hydrogen-bond acceptors (Lipinski definition) is 3. The molecule has 2 aliphatic rings. The van der Waals surface area contributed by atoms with Crippen molar-refractivity contribution >= 4 is 5.91 Å². The van der Waals surface area contributed by atoms with Crippen molar-refractivity contribution in [3.63, 3.8) is 0 Å². The zero-order valence-electron chi connectivity index (χ0n) is 15.3. The Morgan fingerprint density at radius 2 is 2.00 bits per heavy atom. The second kappa shape index (κ2) is 7.24. The number of nitrogens with zero attached hydrogens (tertiary/aromatic N) is 2. The van der Waals surface area contributed by atoms with Crippen LogP contribution in [0.2, 0.25) is 0 Å². The Kier molecular flexibility index (Phi) is 5.26. The molecule has 1 aromatic carbocycles. The van der Waals surface area contributed by atoms with Gasteiger partial charge in [-0.3, -0.25) is 9.69 Å². The number of nitrogens with one attached hydrogen (secondary N) is 1. The molecule has 1 aromatic rings. The van der Waals surface area contributed by atoms with Gasteiger partial charge in [0, 0.05) is 37.8 Å². The fourth-order valence-electron chi connectivity index (χ4n) is 4.39. The highest BCUT2D eigenvalue weighted by Crippen LogP contribution is 2.37. The van der Waals surface area contributed by atoms with Crippen LogP contribution in [0.1, 0.15) is 44.7 Å². The Morgan fingerprint density at radius 3 is 2.67 bits per heavy atom. The van der Waals surface area contributed by atoms with Gasteiger partial charge < -0.3 is 10.2 Å². The van der Waals surface area contributed by atoms with Gasteiger partial charge in [0.1, 0.15) is 0 Å². The van der Waals surface area contributed by atoms with Crippen molar-refractivity contribution in [2.24, 2.45) is 0 Å². The average Bonchev–Trinajstić information content (AvgIpc) is 2.58. The van der Waals surface area contributed by atoms with Crippen LogP contribution in [0.15, 0.2) is 24.3 Å². The average molecular weight is 329 g/mol. The summed E-state index contributed by atoms with van der Waals surface area (Å²) in [4.78, 5) is 16.8. The quantitative estimate of drug-likeness (QED) is 0.921. The molecule has 1 saturated heterocycles. The summed E-state index contributed by atoms with van der Waals surface area (Å²) in [5, 5.41) is 3.79. The number of amides is 1. The lowest BCUT2D eigenvalue weighted by atomic mass is 9.76. The molecule has 1 amide bonds. The van der Waals surface area contributed by atoms with Crippen molar-refractivity contribution in [2.75, 3.05) is 32.7 Å². The maximum atomic E-state index is 12.5. The van der Waals surface area contributed by atoms with Crippen molar-refractivity contribution in [3.05, 3.63) is 35.4 Å². The third kappa shape index (κ3) is 3.35. The summed E-state index contributed by atoms with van der Waals surface area (Å²) in [6.45, 7) is 10.6. The SMILES string of the molecule is CCN(C(=O)CN1CCC2(CC1)NCCc1ccccc12)C(C)C. The van der Waals surface area contributed by atoms with E-state index in [-0.39, 0.29) is 17.5 Å². The summed E-state index contributed by atoms with van der Waals surface area (Å²) in [7, 11) is 0. The summed E-state index contributed by atoms with van der Waals surface area (Å²) < 4.78 is 0. The molecule has 4 nitrogen and oxygen atoms in total. The summed E-state index contributed by atoms with van der Waals surface area (Å²) in [5.74, 6) is 0.264. The molecule has 0 bridgehead atoms. The minimum atomic E-state index is 0.122. The first-order valence-electron chi connectivity index (χ1n) is 9.41. The lowest BCUT2D eigenvalue weighted by Gasteiger charge is -2.46. The van der Waals surface area contributed by atoms with Gasteiger partial charge in [-0.05, 0) is 51.2 Å². The molecule has 0 aromatic heterocycles. The molecule has 0 atom stereocenters. The smallest absolute Gasteiger partial charge is 0.236 e. The fraction of sp³-hybridized carbons (Fsp3) is 0.650. The van der Waals surface area contributed by atoms with Crippen LogP contribution in [0.4, 0.5) is 0 Å². The Morgan fingerprint density at radius 1 is 1.29 bits per heavy atom. The Balaban J connectivity index is 1.64. The zero-order valence-corrected chi connectivity index (χ0v) is 15.3. The van der Waals surface area contributed by atoms with Crippen molar-refractivity contribution in [1.82, 2.24) is 15.1 Å². The van der Waals surface area contributed by atoms with Gasteiger partial charge >= 0.3 is 0 Å². The molecule has 1 spiro atoms. The molecule has 132 valence electrons. The van der Waals surface area contributed by atoms with Crippen LogP contribution >= 0.6 is 0 Å². The maximum Gasteiger partial charge on any atom is 0.236 e. The third-order valence-corrected chi connectivity index (χ3v) is 5.74. The van der Waals surface area contributed by atoms with Gasteiger partial charge in [-0.1, -0.05) is 24.3 Å².